The third-order valence-corrected chi connectivity index (χ3v) is 7.20. The summed E-state index contributed by atoms with van der Waals surface area (Å²) < 4.78 is 65.4. The molecule has 40 heavy (non-hydrogen) atoms. The highest BCUT2D eigenvalue weighted by Crippen LogP contribution is 2.29. The van der Waals surface area contributed by atoms with E-state index in [0.29, 0.717) is 5.39 Å². The van der Waals surface area contributed by atoms with Gasteiger partial charge in [-0.3, -0.25) is 29.5 Å². The second kappa shape index (κ2) is 11.5. The first-order valence-corrected chi connectivity index (χ1v) is 14.2. The van der Waals surface area contributed by atoms with Crippen LogP contribution in [0.15, 0.2) is 127 Å². The zero-order valence-corrected chi connectivity index (χ0v) is 21.9. The Balaban J connectivity index is 1.75. The third-order valence-electron chi connectivity index (χ3n) is 5.42. The Bertz CT molecular complexity index is 2120. The fourth-order valence-corrected chi connectivity index (χ4v) is 4.73. The van der Waals surface area contributed by atoms with Crippen LogP contribution in [0, 0.1) is 0 Å². The summed E-state index contributed by atoms with van der Waals surface area (Å²) in [5, 5.41) is 7.81. The lowest BCUT2D eigenvalue weighted by Gasteiger charge is -2.08. The second-order valence-electron chi connectivity index (χ2n) is 8.11. The van der Waals surface area contributed by atoms with Gasteiger partial charge in [0.25, 0.3) is 20.2 Å². The van der Waals surface area contributed by atoms with Gasteiger partial charge in [0.15, 0.2) is 5.36 Å². The molecule has 0 atom stereocenters. The minimum atomic E-state index is -4.51. The molecule has 204 valence electrons. The number of rotatable bonds is 6. The average molecular weight is 581 g/mol. The Labute approximate surface area is 227 Å². The van der Waals surface area contributed by atoms with Gasteiger partial charge >= 0.3 is 0 Å². The first-order valence-electron chi connectivity index (χ1n) is 11.3. The monoisotopic (exact) mass is 580 g/mol. The lowest BCUT2D eigenvalue weighted by atomic mass is 10.1. The molecule has 0 unspecified atom stereocenters. The van der Waals surface area contributed by atoms with E-state index in [-0.39, 0.29) is 31.9 Å². The van der Waals surface area contributed by atoms with Crippen LogP contribution in [0.3, 0.4) is 0 Å². The van der Waals surface area contributed by atoms with Crippen molar-refractivity contribution >= 4 is 42.4 Å². The molecule has 14 heteroatoms. The Morgan fingerprint density at radius 1 is 0.600 bits per heavy atom. The zero-order valence-electron chi connectivity index (χ0n) is 20.3. The van der Waals surface area contributed by atoms with Gasteiger partial charge in [0, 0.05) is 10.8 Å². The molecule has 0 saturated carbocycles. The highest BCUT2D eigenvalue weighted by Gasteiger charge is 2.15. The molecule has 4 aromatic rings. The van der Waals surface area contributed by atoms with E-state index in [0.717, 1.165) is 18.2 Å². The standard InChI is InChI=1S/C26H20N4O8S2/c31-23-15-13-22(29-27-17-7-3-1-2-4-8-18(12-11-17)39(33,34)35)26(32)25(23)30-28-21-14-16-24(40(36,37)38)20-10-6-5-9-19(20)21/h1-16,27-28H,(H,33,34,35)(H,36,37,38). The predicted molar refractivity (Wildman–Crippen MR) is 147 cm³/mol. The van der Waals surface area contributed by atoms with Crippen LogP contribution in [0.2, 0.25) is 0 Å². The summed E-state index contributed by atoms with van der Waals surface area (Å²) >= 11 is 0. The molecule has 0 aromatic heterocycles. The maximum absolute atomic E-state index is 13.0. The van der Waals surface area contributed by atoms with Crippen LogP contribution in [0.1, 0.15) is 0 Å². The van der Waals surface area contributed by atoms with Crippen LogP contribution >= 0.6 is 0 Å². The Morgan fingerprint density at radius 3 is 1.98 bits per heavy atom. The number of fused-ring (bicyclic) bond motifs is 1. The molecular weight excluding hydrogens is 560 g/mol. The van der Waals surface area contributed by atoms with E-state index >= 15 is 0 Å². The smallest absolute Gasteiger partial charge is 0.287 e. The first kappa shape index (κ1) is 28.3. The number of nitrogens with one attached hydrogen (secondary N) is 2. The molecule has 4 N–H and O–H groups in total. The normalized spacial score (nSPS) is 12.7. The predicted octanol–water partition coefficient (Wildman–Crippen LogP) is 1.91. The van der Waals surface area contributed by atoms with E-state index in [4.69, 9.17) is 0 Å². The van der Waals surface area contributed by atoms with Gasteiger partial charge in [0.05, 0.1) is 16.3 Å². The van der Waals surface area contributed by atoms with Crippen molar-refractivity contribution in [2.45, 2.75) is 9.79 Å². The number of hydrogen-bond donors (Lipinski definition) is 4. The van der Waals surface area contributed by atoms with Crippen LogP contribution in [-0.2, 0) is 20.2 Å². The van der Waals surface area contributed by atoms with Crippen molar-refractivity contribution in [2.75, 3.05) is 10.9 Å². The van der Waals surface area contributed by atoms with E-state index < -0.39 is 36.5 Å². The first-order chi connectivity index (χ1) is 18.9. The van der Waals surface area contributed by atoms with Gasteiger partial charge in [0.2, 0.25) is 10.9 Å². The molecule has 0 aliphatic heterocycles. The van der Waals surface area contributed by atoms with Crippen LogP contribution in [0.5, 0.6) is 0 Å². The number of benzene rings is 3. The van der Waals surface area contributed by atoms with Gasteiger partial charge in [-0.25, -0.2) is 0 Å². The number of nitrogens with zero attached hydrogens (tertiary/aromatic N) is 2. The van der Waals surface area contributed by atoms with E-state index in [1.165, 1.54) is 42.5 Å². The van der Waals surface area contributed by atoms with Crippen molar-refractivity contribution in [3.8, 4) is 0 Å². The summed E-state index contributed by atoms with van der Waals surface area (Å²) in [6.07, 6.45) is 0. The molecule has 4 rings (SSSR count). The summed E-state index contributed by atoms with van der Waals surface area (Å²) in [4.78, 5) is 24.7. The lowest BCUT2D eigenvalue weighted by molar-refractivity contribution is 0.481. The van der Waals surface area contributed by atoms with Gasteiger partial charge in [-0.05, 0) is 48.5 Å². The SMILES string of the molecule is O=c1ccc(=NNc2ccccccc(S(=O)(=O)O)cc2)c(=O)c1=NNc1ccc(S(=O)(=O)O)c2ccccc12. The Kier molecular flexibility index (Phi) is 8.16. The maximum Gasteiger partial charge on any atom is 0.295 e. The minimum Gasteiger partial charge on any atom is -0.287 e. The average Bonchev–Trinajstić information content (AvgIpc) is 2.90. The molecule has 4 aromatic carbocycles. The van der Waals surface area contributed by atoms with Crippen LogP contribution in [0.4, 0.5) is 11.4 Å². The molecule has 0 spiro atoms. The van der Waals surface area contributed by atoms with Crippen molar-refractivity contribution in [1.29, 1.82) is 0 Å². The van der Waals surface area contributed by atoms with Crippen LogP contribution < -0.4 is 32.4 Å². The van der Waals surface area contributed by atoms with Gasteiger partial charge in [-0.2, -0.15) is 27.0 Å². The van der Waals surface area contributed by atoms with Crippen molar-refractivity contribution in [2.24, 2.45) is 10.2 Å². The molecule has 12 nitrogen and oxygen atoms in total. The molecule has 0 heterocycles. The lowest BCUT2D eigenvalue weighted by Crippen LogP contribution is -2.47. The van der Waals surface area contributed by atoms with E-state index in [1.807, 2.05) is 0 Å². The number of hydrogen-bond acceptors (Lipinski definition) is 10. The molecule has 0 aliphatic rings. The quantitative estimate of drug-likeness (QED) is 0.193. The Hall–Kier alpha value is -4.76. The third kappa shape index (κ3) is 6.62. The maximum atomic E-state index is 13.0. The molecule has 0 bridgehead atoms. The van der Waals surface area contributed by atoms with E-state index in [2.05, 4.69) is 21.1 Å². The molecule has 0 fully saturated rings. The van der Waals surface area contributed by atoms with Crippen molar-refractivity contribution < 1.29 is 25.9 Å². The largest absolute Gasteiger partial charge is 0.295 e. The summed E-state index contributed by atoms with van der Waals surface area (Å²) in [7, 11) is -8.99. The summed E-state index contributed by atoms with van der Waals surface area (Å²) in [6, 6.07) is 22.4. The zero-order chi connectivity index (χ0) is 28.9. The molecule has 0 aliphatic carbocycles. The van der Waals surface area contributed by atoms with Gasteiger partial charge in [-0.1, -0.05) is 48.5 Å². The van der Waals surface area contributed by atoms with Crippen LogP contribution in [-0.4, -0.2) is 25.9 Å². The fourth-order valence-electron chi connectivity index (χ4n) is 3.54. The molecule has 0 amide bonds. The number of anilines is 2. The van der Waals surface area contributed by atoms with Crippen molar-refractivity contribution in [3.63, 3.8) is 0 Å². The van der Waals surface area contributed by atoms with Gasteiger partial charge in [-0.15, -0.1) is 0 Å². The molecule has 0 saturated heterocycles. The molecule has 0 radical (unpaired) electrons. The summed E-state index contributed by atoms with van der Waals surface area (Å²) in [6.45, 7) is 0. The fraction of sp³-hybridized carbons (Fsp3) is 0. The van der Waals surface area contributed by atoms with E-state index in [9.17, 15) is 35.5 Å². The highest BCUT2D eigenvalue weighted by atomic mass is 32.2. The summed E-state index contributed by atoms with van der Waals surface area (Å²) in [5.41, 5.74) is 4.19. The van der Waals surface area contributed by atoms with Gasteiger partial charge < -0.3 is 0 Å². The minimum absolute atomic E-state index is 0.187. The van der Waals surface area contributed by atoms with Crippen molar-refractivity contribution in [3.05, 3.63) is 128 Å². The van der Waals surface area contributed by atoms with Crippen molar-refractivity contribution in [1.82, 2.24) is 0 Å². The van der Waals surface area contributed by atoms with Crippen LogP contribution in [0.25, 0.3) is 10.8 Å². The summed E-state index contributed by atoms with van der Waals surface area (Å²) in [5.74, 6) is 0. The second-order valence-corrected chi connectivity index (χ2v) is 10.9. The highest BCUT2D eigenvalue weighted by molar-refractivity contribution is 7.86. The topological polar surface area (TPSA) is 192 Å². The molecular formula is C26H20N4O8S2. The van der Waals surface area contributed by atoms with Gasteiger partial charge in [0.1, 0.15) is 10.3 Å². The van der Waals surface area contributed by atoms with E-state index in [1.54, 1.807) is 36.4 Å². The Morgan fingerprint density at radius 2 is 1.27 bits per heavy atom.